The number of likely N-dealkylation sites (tertiary alicyclic amines) is 1. The summed E-state index contributed by atoms with van der Waals surface area (Å²) in [7, 11) is 1.44. The average molecular weight is 566 g/mol. The Hall–Kier alpha value is -4.07. The second kappa shape index (κ2) is 10.8. The maximum atomic E-state index is 13.6. The molecule has 2 aliphatic heterocycles. The first kappa shape index (κ1) is 27.5. The summed E-state index contributed by atoms with van der Waals surface area (Å²) in [5.41, 5.74) is 1.49. The topological polar surface area (TPSA) is 108 Å². The molecule has 213 valence electrons. The minimum Gasteiger partial charge on any atom is -0.496 e. The molecular formula is C26H25F4N4O6. The van der Waals surface area contributed by atoms with E-state index in [0.717, 1.165) is 0 Å². The van der Waals surface area contributed by atoms with Crippen LogP contribution in [0.15, 0.2) is 34.7 Å². The number of rotatable bonds is 8. The van der Waals surface area contributed by atoms with Gasteiger partial charge in [0.15, 0.2) is 22.7 Å². The molecule has 3 heterocycles. The number of carbonyl (C=O) groups is 2. The number of oxazole rings is 1. The van der Waals surface area contributed by atoms with Crippen molar-refractivity contribution in [2.75, 3.05) is 38.3 Å². The highest BCUT2D eigenvalue weighted by molar-refractivity contribution is 6.04. The molecule has 14 heteroatoms. The zero-order valence-corrected chi connectivity index (χ0v) is 21.5. The molecule has 1 fully saturated rings. The smallest absolute Gasteiger partial charge is 0.490 e. The molecule has 1 atom stereocenters. The highest BCUT2D eigenvalue weighted by Crippen LogP contribution is 2.37. The van der Waals surface area contributed by atoms with Gasteiger partial charge in [0.05, 0.1) is 18.5 Å². The molecule has 0 bridgehead atoms. The van der Waals surface area contributed by atoms with Crippen LogP contribution in [0.5, 0.6) is 11.5 Å². The van der Waals surface area contributed by atoms with Crippen molar-refractivity contribution in [3.05, 3.63) is 42.0 Å². The van der Waals surface area contributed by atoms with Gasteiger partial charge >= 0.3 is 18.2 Å². The molecule has 0 saturated carbocycles. The fourth-order valence-corrected chi connectivity index (χ4v) is 4.89. The first-order valence-electron chi connectivity index (χ1n) is 12.4. The highest BCUT2D eigenvalue weighted by atomic mass is 19.4. The summed E-state index contributed by atoms with van der Waals surface area (Å²) in [4.78, 5) is 31.8. The Labute approximate surface area is 225 Å². The van der Waals surface area contributed by atoms with E-state index in [4.69, 9.17) is 18.6 Å². The lowest BCUT2D eigenvalue weighted by Crippen LogP contribution is -2.49. The van der Waals surface area contributed by atoms with Crippen molar-refractivity contribution < 1.29 is 45.8 Å². The number of esters is 1. The quantitative estimate of drug-likeness (QED) is 0.291. The number of amides is 2. The number of urea groups is 1. The molecule has 1 saturated heterocycles. The number of aryl methyl sites for hydroxylation is 1. The Kier molecular flexibility index (Phi) is 7.45. The van der Waals surface area contributed by atoms with E-state index in [9.17, 15) is 27.2 Å². The molecule has 2 aromatic carbocycles. The standard InChI is InChI=1S/C26H25F4N4O6/c1-14-31-23-21(10-17(37-2)11-22(23)39-14)38-13-18(40-24(35)26(28,29)30)12-33-7-5-16(6-8-33)34-20-4-3-15(27)9-19(20)32-25(34)36/h3-4,9-11,16,18H,5-8,12-13H2,1-2H3/t18-/m0/s1. The first-order chi connectivity index (χ1) is 19.0. The van der Waals surface area contributed by atoms with Crippen LogP contribution in [0.1, 0.15) is 18.7 Å². The Morgan fingerprint density at radius 1 is 1.20 bits per heavy atom. The lowest BCUT2D eigenvalue weighted by atomic mass is 10.0. The zero-order chi connectivity index (χ0) is 28.6. The predicted molar refractivity (Wildman–Crippen MR) is 132 cm³/mol. The lowest BCUT2D eigenvalue weighted by molar-refractivity contribution is -0.206. The van der Waals surface area contributed by atoms with Gasteiger partial charge in [-0.1, -0.05) is 0 Å². The molecule has 0 N–H and O–H groups in total. The number of alkyl halides is 3. The molecule has 1 radical (unpaired) electrons. The molecule has 2 aliphatic rings. The van der Waals surface area contributed by atoms with Crippen molar-refractivity contribution in [2.24, 2.45) is 0 Å². The number of fused-ring (bicyclic) bond motifs is 2. The number of halogens is 4. The van der Waals surface area contributed by atoms with Gasteiger partial charge in [0.2, 0.25) is 0 Å². The summed E-state index contributed by atoms with van der Waals surface area (Å²) < 4.78 is 74.0. The van der Waals surface area contributed by atoms with Gasteiger partial charge in [0.25, 0.3) is 0 Å². The Bertz CT molecular complexity index is 1420. The van der Waals surface area contributed by atoms with Crippen LogP contribution < -0.4 is 19.7 Å². The number of methoxy groups -OCH3 is 1. The van der Waals surface area contributed by atoms with Gasteiger partial charge in [-0.2, -0.15) is 18.5 Å². The average Bonchev–Trinajstić information content (AvgIpc) is 3.44. The Balaban J connectivity index is 1.26. The molecule has 2 amide bonds. The van der Waals surface area contributed by atoms with Crippen molar-refractivity contribution >= 4 is 34.5 Å². The van der Waals surface area contributed by atoms with Crippen LogP contribution in [0.4, 0.5) is 33.7 Å². The molecule has 1 aromatic heterocycles. The fraction of sp³-hybridized carbons (Fsp3) is 0.423. The van der Waals surface area contributed by atoms with Crippen LogP contribution in [-0.4, -0.2) is 73.6 Å². The van der Waals surface area contributed by atoms with Crippen molar-refractivity contribution in [2.45, 2.75) is 38.1 Å². The molecule has 0 unspecified atom stereocenters. The van der Waals surface area contributed by atoms with E-state index < -0.39 is 36.7 Å². The molecule has 0 aliphatic carbocycles. The number of nitrogens with zero attached hydrogens (tertiary/aromatic N) is 4. The predicted octanol–water partition coefficient (Wildman–Crippen LogP) is 4.48. The monoisotopic (exact) mass is 565 g/mol. The number of hydrogen-bond acceptors (Lipinski definition) is 8. The maximum Gasteiger partial charge on any atom is 0.490 e. The van der Waals surface area contributed by atoms with Crippen molar-refractivity contribution in [1.29, 1.82) is 0 Å². The first-order valence-corrected chi connectivity index (χ1v) is 12.4. The Morgan fingerprint density at radius 3 is 2.65 bits per heavy atom. The maximum absolute atomic E-state index is 13.6. The zero-order valence-electron chi connectivity index (χ0n) is 21.5. The number of anilines is 1. The van der Waals surface area contributed by atoms with Crippen LogP contribution in [-0.2, 0) is 9.53 Å². The van der Waals surface area contributed by atoms with Crippen LogP contribution >= 0.6 is 0 Å². The summed E-state index contributed by atoms with van der Waals surface area (Å²) >= 11 is 0. The third-order valence-electron chi connectivity index (χ3n) is 6.71. The lowest BCUT2D eigenvalue weighted by Gasteiger charge is -2.37. The van der Waals surface area contributed by atoms with Crippen LogP contribution in [0, 0.1) is 12.7 Å². The third kappa shape index (κ3) is 5.76. The van der Waals surface area contributed by atoms with Gasteiger partial charge in [-0.15, -0.1) is 0 Å². The minimum absolute atomic E-state index is 0.0420. The van der Waals surface area contributed by atoms with Gasteiger partial charge in [-0.05, 0) is 25.0 Å². The normalized spacial score (nSPS) is 17.1. The molecule has 3 aromatic rings. The summed E-state index contributed by atoms with van der Waals surface area (Å²) in [5.74, 6) is -1.88. The van der Waals surface area contributed by atoms with Crippen molar-refractivity contribution in [1.82, 2.24) is 15.2 Å². The van der Waals surface area contributed by atoms with Gasteiger partial charge < -0.3 is 18.6 Å². The molecule has 10 nitrogen and oxygen atoms in total. The number of piperidine rings is 1. The van der Waals surface area contributed by atoms with E-state index >= 15 is 0 Å². The van der Waals surface area contributed by atoms with E-state index in [0.29, 0.717) is 54.4 Å². The minimum atomic E-state index is -5.18. The van der Waals surface area contributed by atoms with Gasteiger partial charge in [-0.3, -0.25) is 9.80 Å². The van der Waals surface area contributed by atoms with E-state index in [1.54, 1.807) is 13.0 Å². The van der Waals surface area contributed by atoms with Crippen LogP contribution in [0.2, 0.25) is 0 Å². The van der Waals surface area contributed by atoms with Crippen molar-refractivity contribution in [3.8, 4) is 11.5 Å². The molecule has 40 heavy (non-hydrogen) atoms. The summed E-state index contributed by atoms with van der Waals surface area (Å²) in [6, 6.07) is 6.34. The SMILES string of the molecule is COc1cc(OC[C@H](CN2CCC(N3C(=O)[N]c4cc(F)ccc43)CC2)OC(=O)C(F)(F)F)c2nc(C)oc2c1. The van der Waals surface area contributed by atoms with E-state index in [2.05, 4.69) is 10.3 Å². The van der Waals surface area contributed by atoms with E-state index in [1.165, 1.54) is 36.3 Å². The second-order valence-corrected chi connectivity index (χ2v) is 9.47. The summed E-state index contributed by atoms with van der Waals surface area (Å²) in [5, 5.41) is 3.91. The number of ether oxygens (including phenoxy) is 3. The molecular weight excluding hydrogens is 540 g/mol. The van der Waals surface area contributed by atoms with E-state index in [1.807, 2.05) is 4.90 Å². The van der Waals surface area contributed by atoms with Crippen LogP contribution in [0.3, 0.4) is 0 Å². The van der Waals surface area contributed by atoms with Gasteiger partial charge in [0.1, 0.15) is 24.3 Å². The Morgan fingerprint density at radius 2 is 1.95 bits per heavy atom. The number of benzene rings is 2. The number of carbonyl (C=O) groups excluding carboxylic acids is 2. The van der Waals surface area contributed by atoms with Crippen molar-refractivity contribution in [3.63, 3.8) is 0 Å². The molecule has 0 spiro atoms. The summed E-state index contributed by atoms with van der Waals surface area (Å²) in [6.45, 7) is 2.00. The van der Waals surface area contributed by atoms with Crippen LogP contribution in [0.25, 0.3) is 11.1 Å². The second-order valence-electron chi connectivity index (χ2n) is 9.47. The number of hydrogen-bond donors (Lipinski definition) is 0. The highest BCUT2D eigenvalue weighted by Gasteiger charge is 2.43. The van der Waals surface area contributed by atoms with Gasteiger partial charge in [0, 0.05) is 50.8 Å². The largest absolute Gasteiger partial charge is 0.496 e. The third-order valence-corrected chi connectivity index (χ3v) is 6.71. The van der Waals surface area contributed by atoms with E-state index in [-0.39, 0.29) is 24.0 Å². The van der Waals surface area contributed by atoms with Gasteiger partial charge in [-0.25, -0.2) is 19.0 Å². The summed E-state index contributed by atoms with van der Waals surface area (Å²) in [6.07, 6.45) is -5.49. The fourth-order valence-electron chi connectivity index (χ4n) is 4.89. The molecule has 5 rings (SSSR count). The number of aromatic nitrogens is 1.